The standard InChI is InChI=1S/C24H34N2O/c25-18-23(17-19-14-15-20-10-8-9-13-22(20)16-19)26-24(27)21-11-6-4-2-1-3-5-7-12-21/h14-16,21,23H,1-13,17H2,(H,26,27). The molecule has 0 aliphatic heterocycles. The number of hydrogen-bond acceptors (Lipinski definition) is 2. The molecule has 0 radical (unpaired) electrons. The normalized spacial score (nSPS) is 20.1. The van der Waals surface area contributed by atoms with E-state index < -0.39 is 6.04 Å². The quantitative estimate of drug-likeness (QED) is 0.790. The molecule has 3 heteroatoms. The van der Waals surface area contributed by atoms with Gasteiger partial charge in [-0.25, -0.2) is 0 Å². The zero-order chi connectivity index (χ0) is 18.9. The summed E-state index contributed by atoms with van der Waals surface area (Å²) < 4.78 is 0. The van der Waals surface area contributed by atoms with Crippen molar-refractivity contribution < 1.29 is 4.79 Å². The highest BCUT2D eigenvalue weighted by molar-refractivity contribution is 5.79. The zero-order valence-electron chi connectivity index (χ0n) is 16.6. The van der Waals surface area contributed by atoms with Crippen LogP contribution in [0.5, 0.6) is 0 Å². The molecule has 0 saturated heterocycles. The van der Waals surface area contributed by atoms with Gasteiger partial charge in [0.05, 0.1) is 6.07 Å². The Morgan fingerprint density at radius 2 is 1.59 bits per heavy atom. The average molecular weight is 367 g/mol. The Balaban J connectivity index is 1.56. The minimum Gasteiger partial charge on any atom is -0.340 e. The Morgan fingerprint density at radius 3 is 2.26 bits per heavy atom. The fourth-order valence-corrected chi connectivity index (χ4v) is 4.64. The van der Waals surface area contributed by atoms with Gasteiger partial charge in [0.25, 0.3) is 0 Å². The Hall–Kier alpha value is -1.82. The first-order chi connectivity index (χ1) is 13.3. The number of hydrogen-bond donors (Lipinski definition) is 1. The largest absolute Gasteiger partial charge is 0.340 e. The van der Waals surface area contributed by atoms with Gasteiger partial charge in [-0.15, -0.1) is 0 Å². The van der Waals surface area contributed by atoms with Gasteiger partial charge in [0.2, 0.25) is 5.91 Å². The van der Waals surface area contributed by atoms with Gasteiger partial charge in [0.15, 0.2) is 0 Å². The smallest absolute Gasteiger partial charge is 0.224 e. The van der Waals surface area contributed by atoms with E-state index in [2.05, 4.69) is 29.6 Å². The number of nitrogens with zero attached hydrogens (tertiary/aromatic N) is 1. The van der Waals surface area contributed by atoms with Crippen LogP contribution in [0, 0.1) is 17.2 Å². The van der Waals surface area contributed by atoms with E-state index in [1.807, 2.05) is 0 Å². The first-order valence-electron chi connectivity index (χ1n) is 11.1. The van der Waals surface area contributed by atoms with Crippen LogP contribution in [0.3, 0.4) is 0 Å². The molecular formula is C24H34N2O. The third-order valence-electron chi connectivity index (χ3n) is 6.30. The molecule has 1 unspecified atom stereocenters. The second-order valence-corrected chi connectivity index (χ2v) is 8.45. The molecule has 2 aliphatic rings. The first kappa shape index (κ1) is 19.9. The maximum atomic E-state index is 12.8. The number of fused-ring (bicyclic) bond motifs is 1. The van der Waals surface area contributed by atoms with Crippen molar-refractivity contribution in [3.8, 4) is 6.07 Å². The van der Waals surface area contributed by atoms with Crippen molar-refractivity contribution in [3.63, 3.8) is 0 Å². The lowest BCUT2D eigenvalue weighted by Crippen LogP contribution is -2.39. The van der Waals surface area contributed by atoms with Crippen LogP contribution in [-0.4, -0.2) is 11.9 Å². The molecule has 1 aromatic rings. The summed E-state index contributed by atoms with van der Waals surface area (Å²) in [5.74, 6) is 0.183. The van der Waals surface area contributed by atoms with Crippen LogP contribution in [0.15, 0.2) is 18.2 Å². The number of carbonyl (C=O) groups excluding carboxylic acids is 1. The molecule has 3 rings (SSSR count). The molecule has 1 fully saturated rings. The summed E-state index contributed by atoms with van der Waals surface area (Å²) >= 11 is 0. The predicted octanol–water partition coefficient (Wildman–Crippen LogP) is 5.26. The molecule has 1 N–H and O–H groups in total. The van der Waals surface area contributed by atoms with E-state index in [0.29, 0.717) is 6.42 Å². The third kappa shape index (κ3) is 6.09. The molecule has 1 aromatic carbocycles. The topological polar surface area (TPSA) is 52.9 Å². The van der Waals surface area contributed by atoms with Gasteiger partial charge in [-0.2, -0.15) is 5.26 Å². The summed E-state index contributed by atoms with van der Waals surface area (Å²) in [6.45, 7) is 0. The highest BCUT2D eigenvalue weighted by Gasteiger charge is 2.22. The number of benzene rings is 1. The average Bonchev–Trinajstić information content (AvgIpc) is 2.71. The van der Waals surface area contributed by atoms with Crippen LogP contribution in [0.4, 0.5) is 0 Å². The predicted molar refractivity (Wildman–Crippen MR) is 109 cm³/mol. The van der Waals surface area contributed by atoms with E-state index in [1.165, 1.54) is 68.1 Å². The van der Waals surface area contributed by atoms with Crippen molar-refractivity contribution in [1.29, 1.82) is 5.26 Å². The van der Waals surface area contributed by atoms with Crippen LogP contribution < -0.4 is 5.32 Å². The summed E-state index contributed by atoms with van der Waals surface area (Å²) in [7, 11) is 0. The van der Waals surface area contributed by atoms with Crippen LogP contribution in [0.25, 0.3) is 0 Å². The summed E-state index contributed by atoms with van der Waals surface area (Å²) in [6.07, 6.45) is 16.1. The van der Waals surface area contributed by atoms with Gasteiger partial charge in [0.1, 0.15) is 6.04 Å². The van der Waals surface area contributed by atoms with Crippen LogP contribution >= 0.6 is 0 Å². The molecule has 27 heavy (non-hydrogen) atoms. The number of nitrogens with one attached hydrogen (secondary N) is 1. The summed E-state index contributed by atoms with van der Waals surface area (Å²) in [4.78, 5) is 12.8. The minimum absolute atomic E-state index is 0.0856. The summed E-state index contributed by atoms with van der Waals surface area (Å²) in [6, 6.07) is 8.52. The van der Waals surface area contributed by atoms with Gasteiger partial charge in [-0.1, -0.05) is 63.1 Å². The zero-order valence-corrected chi connectivity index (χ0v) is 16.6. The molecule has 1 amide bonds. The van der Waals surface area contributed by atoms with Crippen molar-refractivity contribution in [3.05, 3.63) is 34.9 Å². The highest BCUT2D eigenvalue weighted by atomic mass is 16.1. The summed E-state index contributed by atoms with van der Waals surface area (Å²) in [5, 5.41) is 12.6. The molecule has 0 aromatic heterocycles. The van der Waals surface area contributed by atoms with E-state index >= 15 is 0 Å². The van der Waals surface area contributed by atoms with Gasteiger partial charge >= 0.3 is 0 Å². The first-order valence-corrected chi connectivity index (χ1v) is 11.1. The molecular weight excluding hydrogens is 332 g/mol. The molecule has 0 bridgehead atoms. The van der Waals surface area contributed by atoms with E-state index in [4.69, 9.17) is 0 Å². The lowest BCUT2D eigenvalue weighted by Gasteiger charge is -2.21. The van der Waals surface area contributed by atoms with E-state index in [9.17, 15) is 10.1 Å². The highest BCUT2D eigenvalue weighted by Crippen LogP contribution is 2.24. The van der Waals surface area contributed by atoms with Crippen LogP contribution in [-0.2, 0) is 24.1 Å². The third-order valence-corrected chi connectivity index (χ3v) is 6.30. The summed E-state index contributed by atoms with van der Waals surface area (Å²) in [5.41, 5.74) is 4.08. The Morgan fingerprint density at radius 1 is 0.963 bits per heavy atom. The second-order valence-electron chi connectivity index (χ2n) is 8.45. The number of amides is 1. The Labute approximate surface area is 164 Å². The molecule has 0 heterocycles. The molecule has 0 spiro atoms. The molecule has 146 valence electrons. The van der Waals surface area contributed by atoms with Crippen LogP contribution in [0.1, 0.15) is 87.3 Å². The van der Waals surface area contributed by atoms with Crippen molar-refractivity contribution in [1.82, 2.24) is 5.32 Å². The number of rotatable bonds is 4. The van der Waals surface area contributed by atoms with Crippen LogP contribution in [0.2, 0.25) is 0 Å². The van der Waals surface area contributed by atoms with Crippen molar-refractivity contribution in [2.75, 3.05) is 0 Å². The molecule has 2 aliphatic carbocycles. The minimum atomic E-state index is -0.422. The van der Waals surface area contributed by atoms with Gasteiger partial charge in [-0.05, 0) is 55.2 Å². The van der Waals surface area contributed by atoms with Crippen molar-refractivity contribution in [2.45, 2.75) is 95.9 Å². The van der Waals surface area contributed by atoms with Gasteiger partial charge in [0, 0.05) is 12.3 Å². The SMILES string of the molecule is N#CC(Cc1ccc2c(c1)CCCC2)NC(=O)C1CCCCCCCCC1. The Kier molecular flexibility index (Phi) is 7.75. The van der Waals surface area contributed by atoms with Crippen molar-refractivity contribution in [2.24, 2.45) is 5.92 Å². The number of aryl methyl sites for hydroxylation is 2. The number of nitriles is 1. The van der Waals surface area contributed by atoms with Gasteiger partial charge in [-0.3, -0.25) is 4.79 Å². The molecule has 3 nitrogen and oxygen atoms in total. The fraction of sp³-hybridized carbons (Fsp3) is 0.667. The lowest BCUT2D eigenvalue weighted by molar-refractivity contribution is -0.125. The molecule has 1 saturated carbocycles. The maximum absolute atomic E-state index is 12.8. The lowest BCUT2D eigenvalue weighted by atomic mass is 9.89. The van der Waals surface area contributed by atoms with E-state index in [-0.39, 0.29) is 11.8 Å². The second kappa shape index (κ2) is 10.5. The monoisotopic (exact) mass is 366 g/mol. The van der Waals surface area contributed by atoms with Gasteiger partial charge < -0.3 is 5.32 Å². The fourth-order valence-electron chi connectivity index (χ4n) is 4.64. The Bertz CT molecular complexity index is 651. The molecule has 1 atom stereocenters. The van der Waals surface area contributed by atoms with Crippen molar-refractivity contribution >= 4 is 5.91 Å². The maximum Gasteiger partial charge on any atom is 0.224 e. The van der Waals surface area contributed by atoms with E-state index in [1.54, 1.807) is 0 Å². The van der Waals surface area contributed by atoms with E-state index in [0.717, 1.165) is 32.1 Å². The number of carbonyl (C=O) groups is 1.